The summed E-state index contributed by atoms with van der Waals surface area (Å²) in [5, 5.41) is 22.2. The summed E-state index contributed by atoms with van der Waals surface area (Å²) in [6.45, 7) is 4.51. The van der Waals surface area contributed by atoms with Crippen molar-refractivity contribution in [1.82, 2.24) is 5.32 Å². The van der Waals surface area contributed by atoms with Crippen molar-refractivity contribution in [2.75, 3.05) is 26.4 Å². The second kappa shape index (κ2) is 7.19. The molecule has 1 saturated heterocycles. The zero-order valence-electron chi connectivity index (χ0n) is 14.5. The molecule has 3 atom stereocenters. The summed E-state index contributed by atoms with van der Waals surface area (Å²) in [5.41, 5.74) is 0.793. The van der Waals surface area contributed by atoms with Gasteiger partial charge < -0.3 is 29.7 Å². The fourth-order valence-corrected chi connectivity index (χ4v) is 3.17. The van der Waals surface area contributed by atoms with E-state index in [2.05, 4.69) is 5.32 Å². The first-order chi connectivity index (χ1) is 11.9. The Kier molecular flexibility index (Phi) is 5.17. The van der Waals surface area contributed by atoms with Crippen LogP contribution >= 0.6 is 0 Å². The lowest BCUT2D eigenvalue weighted by Crippen LogP contribution is -2.49. The zero-order valence-corrected chi connectivity index (χ0v) is 14.5. The third-order valence-electron chi connectivity index (χ3n) is 4.47. The maximum atomic E-state index is 12.0. The second-order valence-electron chi connectivity index (χ2n) is 7.23. The second-order valence-corrected chi connectivity index (χ2v) is 7.23. The summed E-state index contributed by atoms with van der Waals surface area (Å²) < 4.78 is 16.7. The molecule has 7 nitrogen and oxygen atoms in total. The molecule has 3 rings (SSSR count). The summed E-state index contributed by atoms with van der Waals surface area (Å²) in [5.74, 6) is 0.606. The molecule has 1 aromatic carbocycles. The number of benzene rings is 1. The number of ether oxygens (including phenoxy) is 3. The molecule has 0 aromatic heterocycles. The minimum atomic E-state index is -0.917. The molecule has 1 aromatic rings. The van der Waals surface area contributed by atoms with Crippen molar-refractivity contribution in [1.29, 1.82) is 0 Å². The molecule has 0 unspecified atom stereocenters. The van der Waals surface area contributed by atoms with Gasteiger partial charge in [0.1, 0.15) is 11.7 Å². The minimum Gasteiger partial charge on any atom is -0.483 e. The molecule has 2 aliphatic heterocycles. The number of aliphatic hydroxyl groups excluding tert-OH is 2. The van der Waals surface area contributed by atoms with Crippen LogP contribution in [0.25, 0.3) is 0 Å². The average molecular weight is 351 g/mol. The van der Waals surface area contributed by atoms with Gasteiger partial charge in [-0.05, 0) is 19.9 Å². The molecular formula is C18H25NO6. The number of nitrogens with one attached hydrogen (secondary N) is 1. The number of amides is 1. The molecule has 138 valence electrons. The standard InChI is InChI=1S/C18H25NO6/c1-18(2)6-11-4-3-5-14(17(11)25-18)24-10-15(21)19-7-12-8-23-9-13(20)16(12)22/h3-5,12-13,16,20,22H,6-10H2,1-2H3,(H,19,21)/t12-,13-,16+/m1/s1. The zero-order chi connectivity index (χ0) is 18.0. The van der Waals surface area contributed by atoms with Crippen molar-refractivity contribution in [2.45, 2.75) is 38.1 Å². The maximum Gasteiger partial charge on any atom is 0.257 e. The van der Waals surface area contributed by atoms with Gasteiger partial charge in [0.2, 0.25) is 0 Å². The minimum absolute atomic E-state index is 0.115. The lowest BCUT2D eigenvalue weighted by atomic mass is 9.96. The first-order valence-electron chi connectivity index (χ1n) is 8.50. The van der Waals surface area contributed by atoms with Crippen LogP contribution in [-0.4, -0.2) is 60.3 Å². The molecule has 25 heavy (non-hydrogen) atoms. The van der Waals surface area contributed by atoms with Gasteiger partial charge in [-0.3, -0.25) is 4.79 Å². The third kappa shape index (κ3) is 4.23. The van der Waals surface area contributed by atoms with Crippen molar-refractivity contribution < 1.29 is 29.2 Å². The first kappa shape index (κ1) is 18.0. The fraction of sp³-hybridized carbons (Fsp3) is 0.611. The van der Waals surface area contributed by atoms with Gasteiger partial charge in [0.05, 0.1) is 19.3 Å². The summed E-state index contributed by atoms with van der Waals surface area (Å²) in [7, 11) is 0. The third-order valence-corrected chi connectivity index (χ3v) is 4.47. The summed E-state index contributed by atoms with van der Waals surface area (Å²) >= 11 is 0. The molecule has 0 spiro atoms. The Hall–Kier alpha value is -1.83. The number of aliphatic hydroxyl groups is 2. The van der Waals surface area contributed by atoms with Crippen LogP contribution in [0.15, 0.2) is 18.2 Å². The highest BCUT2D eigenvalue weighted by molar-refractivity contribution is 5.77. The van der Waals surface area contributed by atoms with Crippen LogP contribution in [0.1, 0.15) is 19.4 Å². The molecule has 2 heterocycles. The molecule has 7 heteroatoms. The fourth-order valence-electron chi connectivity index (χ4n) is 3.17. The highest BCUT2D eigenvalue weighted by atomic mass is 16.5. The summed E-state index contributed by atoms with van der Waals surface area (Å²) in [6.07, 6.45) is -1.02. The lowest BCUT2D eigenvalue weighted by molar-refractivity contribution is -0.129. The Balaban J connectivity index is 1.50. The number of carbonyl (C=O) groups is 1. The van der Waals surface area contributed by atoms with E-state index in [9.17, 15) is 15.0 Å². The number of para-hydroxylation sites is 1. The molecule has 0 bridgehead atoms. The van der Waals surface area contributed by atoms with Gasteiger partial charge in [-0.25, -0.2) is 0 Å². The molecule has 2 aliphatic rings. The number of hydrogen-bond acceptors (Lipinski definition) is 6. The largest absolute Gasteiger partial charge is 0.483 e. The normalized spacial score (nSPS) is 27.3. The van der Waals surface area contributed by atoms with Crippen LogP contribution in [0.4, 0.5) is 0 Å². The van der Waals surface area contributed by atoms with Gasteiger partial charge in [-0.1, -0.05) is 12.1 Å². The molecule has 1 fully saturated rings. The van der Waals surface area contributed by atoms with Crippen molar-refractivity contribution in [3.63, 3.8) is 0 Å². The Morgan fingerprint density at radius 1 is 1.36 bits per heavy atom. The molecule has 1 amide bonds. The van der Waals surface area contributed by atoms with Gasteiger partial charge >= 0.3 is 0 Å². The SMILES string of the molecule is CC1(C)Cc2cccc(OCC(=O)NC[C@@H]3COC[C@@H](O)[C@H]3O)c2O1. The predicted octanol–water partition coefficient (Wildman–Crippen LogP) is 0.263. The molecule has 0 radical (unpaired) electrons. The van der Waals surface area contributed by atoms with Crippen LogP contribution in [0.2, 0.25) is 0 Å². The first-order valence-corrected chi connectivity index (χ1v) is 8.50. The highest BCUT2D eigenvalue weighted by Gasteiger charge is 2.33. The van der Waals surface area contributed by atoms with E-state index < -0.39 is 12.2 Å². The predicted molar refractivity (Wildman–Crippen MR) is 89.7 cm³/mol. The Bertz CT molecular complexity index is 632. The Labute approximate surface area is 146 Å². The monoisotopic (exact) mass is 351 g/mol. The van der Waals surface area contributed by atoms with Crippen LogP contribution in [0.3, 0.4) is 0 Å². The van der Waals surface area contributed by atoms with E-state index in [1.807, 2.05) is 26.0 Å². The highest BCUT2D eigenvalue weighted by Crippen LogP contribution is 2.41. The summed E-state index contributed by atoms with van der Waals surface area (Å²) in [4.78, 5) is 12.0. The van der Waals surface area contributed by atoms with Gasteiger partial charge in [0, 0.05) is 24.4 Å². The van der Waals surface area contributed by atoms with Crippen LogP contribution < -0.4 is 14.8 Å². The smallest absolute Gasteiger partial charge is 0.257 e. The number of hydrogen-bond donors (Lipinski definition) is 3. The van der Waals surface area contributed by atoms with Crippen molar-refractivity contribution >= 4 is 5.91 Å². The number of carbonyl (C=O) groups excluding carboxylic acids is 1. The quantitative estimate of drug-likeness (QED) is 0.704. The van der Waals surface area contributed by atoms with Crippen LogP contribution in [0, 0.1) is 5.92 Å². The average Bonchev–Trinajstić information content (AvgIpc) is 2.88. The maximum absolute atomic E-state index is 12.0. The summed E-state index contributed by atoms with van der Waals surface area (Å²) in [6, 6.07) is 5.66. The lowest BCUT2D eigenvalue weighted by Gasteiger charge is -2.31. The Morgan fingerprint density at radius 3 is 2.96 bits per heavy atom. The number of fused-ring (bicyclic) bond motifs is 1. The van der Waals surface area contributed by atoms with Crippen molar-refractivity contribution in [2.24, 2.45) is 5.92 Å². The van der Waals surface area contributed by atoms with Crippen molar-refractivity contribution in [3.05, 3.63) is 23.8 Å². The molecule has 0 saturated carbocycles. The van der Waals surface area contributed by atoms with Crippen LogP contribution in [0.5, 0.6) is 11.5 Å². The van der Waals surface area contributed by atoms with E-state index in [0.717, 1.165) is 12.0 Å². The molecule has 3 N–H and O–H groups in total. The van der Waals surface area contributed by atoms with Gasteiger partial charge in [0.25, 0.3) is 5.91 Å². The van der Waals surface area contributed by atoms with E-state index >= 15 is 0 Å². The molecule has 0 aliphatic carbocycles. The van der Waals surface area contributed by atoms with E-state index in [4.69, 9.17) is 14.2 Å². The van der Waals surface area contributed by atoms with E-state index in [-0.39, 0.29) is 37.2 Å². The van der Waals surface area contributed by atoms with E-state index in [1.165, 1.54) is 0 Å². The Morgan fingerprint density at radius 2 is 2.16 bits per heavy atom. The number of rotatable bonds is 5. The van der Waals surface area contributed by atoms with E-state index in [1.54, 1.807) is 6.07 Å². The van der Waals surface area contributed by atoms with Gasteiger partial charge in [-0.2, -0.15) is 0 Å². The topological polar surface area (TPSA) is 97.3 Å². The molecular weight excluding hydrogens is 326 g/mol. The van der Waals surface area contributed by atoms with Crippen molar-refractivity contribution in [3.8, 4) is 11.5 Å². The van der Waals surface area contributed by atoms with Gasteiger partial charge in [-0.15, -0.1) is 0 Å². The van der Waals surface area contributed by atoms with Gasteiger partial charge in [0.15, 0.2) is 18.1 Å². The van der Waals surface area contributed by atoms with E-state index in [0.29, 0.717) is 18.1 Å². The van der Waals surface area contributed by atoms with Crippen LogP contribution in [-0.2, 0) is 16.0 Å².